The van der Waals surface area contributed by atoms with E-state index in [2.05, 4.69) is 20.0 Å². The zero-order valence-electron chi connectivity index (χ0n) is 11.3. The van der Waals surface area contributed by atoms with Gasteiger partial charge in [0.1, 0.15) is 11.6 Å². The third-order valence-corrected chi connectivity index (χ3v) is 3.62. The van der Waals surface area contributed by atoms with Gasteiger partial charge in [0, 0.05) is 0 Å². The van der Waals surface area contributed by atoms with Crippen molar-refractivity contribution in [3.05, 3.63) is 12.2 Å². The van der Waals surface area contributed by atoms with Crippen LogP contribution in [-0.2, 0) is 16.1 Å². The second kappa shape index (κ2) is 4.99. The zero-order chi connectivity index (χ0) is 14.0. The quantitative estimate of drug-likeness (QED) is 0.856. The molecule has 7 nitrogen and oxygen atoms in total. The largest absolute Gasteiger partial charge is 0.343 e. The van der Waals surface area contributed by atoms with Crippen molar-refractivity contribution in [1.82, 2.24) is 20.4 Å². The molecule has 2 rings (SSSR count). The number of carbonyl (C=O) groups excluding carboxylic acids is 2. The summed E-state index contributed by atoms with van der Waals surface area (Å²) in [5, 5.41) is 6.51. The SMILES string of the molecule is CCC1C(=O)NC(C)(CC)C(=O)N1Cc1ncon1. The van der Waals surface area contributed by atoms with Gasteiger partial charge in [-0.3, -0.25) is 9.59 Å². The lowest BCUT2D eigenvalue weighted by molar-refractivity contribution is -0.155. The molecule has 1 aromatic rings. The molecule has 19 heavy (non-hydrogen) atoms. The van der Waals surface area contributed by atoms with Crippen molar-refractivity contribution in [2.45, 2.75) is 51.7 Å². The maximum absolute atomic E-state index is 12.5. The first-order chi connectivity index (χ1) is 9.01. The van der Waals surface area contributed by atoms with E-state index in [1.165, 1.54) is 11.3 Å². The first-order valence-corrected chi connectivity index (χ1v) is 6.40. The minimum Gasteiger partial charge on any atom is -0.343 e. The summed E-state index contributed by atoms with van der Waals surface area (Å²) in [5.41, 5.74) is -0.855. The van der Waals surface area contributed by atoms with E-state index < -0.39 is 11.6 Å². The van der Waals surface area contributed by atoms with Gasteiger partial charge in [-0.2, -0.15) is 4.98 Å². The molecule has 1 aliphatic heterocycles. The van der Waals surface area contributed by atoms with Gasteiger partial charge < -0.3 is 14.7 Å². The highest BCUT2D eigenvalue weighted by Crippen LogP contribution is 2.24. The molecule has 1 fully saturated rings. The zero-order valence-corrected chi connectivity index (χ0v) is 11.3. The number of nitrogens with one attached hydrogen (secondary N) is 1. The summed E-state index contributed by atoms with van der Waals surface area (Å²) >= 11 is 0. The summed E-state index contributed by atoms with van der Waals surface area (Å²) in [4.78, 5) is 30.1. The fourth-order valence-corrected chi connectivity index (χ4v) is 2.25. The van der Waals surface area contributed by atoms with Gasteiger partial charge in [0.2, 0.25) is 18.2 Å². The molecule has 0 aliphatic carbocycles. The molecule has 2 unspecified atom stereocenters. The predicted molar refractivity (Wildman–Crippen MR) is 65.8 cm³/mol. The number of piperazine rings is 1. The molecule has 0 spiro atoms. The molecule has 1 aromatic heterocycles. The van der Waals surface area contributed by atoms with Crippen molar-refractivity contribution < 1.29 is 14.1 Å². The number of amides is 2. The van der Waals surface area contributed by atoms with Crippen molar-refractivity contribution in [2.24, 2.45) is 0 Å². The Morgan fingerprint density at radius 2 is 2.21 bits per heavy atom. The van der Waals surface area contributed by atoms with Crippen molar-refractivity contribution in [3.63, 3.8) is 0 Å². The highest BCUT2D eigenvalue weighted by atomic mass is 16.5. The van der Waals surface area contributed by atoms with E-state index in [1.807, 2.05) is 13.8 Å². The summed E-state index contributed by atoms with van der Waals surface area (Å²) in [6.07, 6.45) is 2.30. The van der Waals surface area contributed by atoms with Gasteiger partial charge in [0.15, 0.2) is 5.82 Å². The van der Waals surface area contributed by atoms with E-state index in [0.29, 0.717) is 18.7 Å². The molecule has 2 amide bonds. The summed E-state index contributed by atoms with van der Waals surface area (Å²) in [7, 11) is 0. The van der Waals surface area contributed by atoms with Gasteiger partial charge in [-0.15, -0.1) is 0 Å². The third-order valence-electron chi connectivity index (χ3n) is 3.62. The second-order valence-corrected chi connectivity index (χ2v) is 4.88. The smallest absolute Gasteiger partial charge is 0.249 e. The monoisotopic (exact) mass is 266 g/mol. The lowest BCUT2D eigenvalue weighted by Gasteiger charge is -2.43. The van der Waals surface area contributed by atoms with Gasteiger partial charge >= 0.3 is 0 Å². The van der Waals surface area contributed by atoms with Crippen LogP contribution >= 0.6 is 0 Å². The maximum Gasteiger partial charge on any atom is 0.249 e. The number of aromatic nitrogens is 2. The topological polar surface area (TPSA) is 88.3 Å². The molecule has 2 atom stereocenters. The standard InChI is InChI=1S/C12H18N4O3/c1-4-8-10(17)14-12(3,5-2)11(18)16(8)6-9-13-7-19-15-9/h7-8H,4-6H2,1-3H3,(H,14,17). The summed E-state index contributed by atoms with van der Waals surface area (Å²) < 4.78 is 4.67. The van der Waals surface area contributed by atoms with E-state index in [-0.39, 0.29) is 18.4 Å². The molecule has 0 bridgehead atoms. The molecule has 0 radical (unpaired) electrons. The Kier molecular flexibility index (Phi) is 3.55. The fraction of sp³-hybridized carbons (Fsp3) is 0.667. The number of rotatable bonds is 4. The van der Waals surface area contributed by atoms with Crippen LogP contribution in [0.15, 0.2) is 10.9 Å². The van der Waals surface area contributed by atoms with Crippen LogP contribution in [0, 0.1) is 0 Å². The lowest BCUT2D eigenvalue weighted by atomic mass is 9.91. The summed E-state index contributed by atoms with van der Waals surface area (Å²) in [5.74, 6) is 0.168. The molecule has 0 aromatic carbocycles. The average molecular weight is 266 g/mol. The molecular weight excluding hydrogens is 248 g/mol. The molecule has 7 heteroatoms. The van der Waals surface area contributed by atoms with Gasteiger partial charge in [0.05, 0.1) is 6.54 Å². The third kappa shape index (κ3) is 2.32. The van der Waals surface area contributed by atoms with E-state index in [1.54, 1.807) is 6.92 Å². The first-order valence-electron chi connectivity index (χ1n) is 6.40. The van der Waals surface area contributed by atoms with Gasteiger partial charge in [0.25, 0.3) is 0 Å². The minimum absolute atomic E-state index is 0.105. The average Bonchev–Trinajstić information content (AvgIpc) is 2.89. The fourth-order valence-electron chi connectivity index (χ4n) is 2.25. The number of nitrogens with zero attached hydrogens (tertiary/aromatic N) is 3. The van der Waals surface area contributed by atoms with Crippen LogP contribution in [0.4, 0.5) is 0 Å². The molecule has 1 saturated heterocycles. The van der Waals surface area contributed by atoms with Crippen LogP contribution in [0.25, 0.3) is 0 Å². The van der Waals surface area contributed by atoms with Crippen LogP contribution in [0.5, 0.6) is 0 Å². The molecule has 1 N–H and O–H groups in total. The van der Waals surface area contributed by atoms with Gasteiger partial charge in [-0.25, -0.2) is 0 Å². The van der Waals surface area contributed by atoms with E-state index in [4.69, 9.17) is 0 Å². The Morgan fingerprint density at radius 1 is 1.47 bits per heavy atom. The molecular formula is C12H18N4O3. The predicted octanol–water partition coefficient (Wildman–Crippen LogP) is 0.475. The van der Waals surface area contributed by atoms with Crippen LogP contribution < -0.4 is 5.32 Å². The first kappa shape index (κ1) is 13.5. The maximum atomic E-state index is 12.5. The molecule has 1 aliphatic rings. The van der Waals surface area contributed by atoms with Crippen molar-refractivity contribution in [2.75, 3.05) is 0 Å². The molecule has 104 valence electrons. The summed E-state index contributed by atoms with van der Waals surface area (Å²) in [6, 6.07) is -0.481. The van der Waals surface area contributed by atoms with Crippen LogP contribution in [-0.4, -0.2) is 38.4 Å². The Hall–Kier alpha value is -1.92. The van der Waals surface area contributed by atoms with E-state index in [9.17, 15) is 9.59 Å². The normalized spacial score (nSPS) is 27.5. The van der Waals surface area contributed by atoms with Crippen LogP contribution in [0.1, 0.15) is 39.4 Å². The van der Waals surface area contributed by atoms with Gasteiger partial charge in [-0.1, -0.05) is 19.0 Å². The van der Waals surface area contributed by atoms with E-state index in [0.717, 1.165) is 0 Å². The number of carbonyl (C=O) groups is 2. The Labute approximate surface area is 111 Å². The number of hydrogen-bond acceptors (Lipinski definition) is 5. The molecule has 0 saturated carbocycles. The van der Waals surface area contributed by atoms with Crippen molar-refractivity contribution in [3.8, 4) is 0 Å². The van der Waals surface area contributed by atoms with Crippen molar-refractivity contribution in [1.29, 1.82) is 0 Å². The lowest BCUT2D eigenvalue weighted by Crippen LogP contribution is -2.68. The van der Waals surface area contributed by atoms with Crippen LogP contribution in [0.2, 0.25) is 0 Å². The number of hydrogen-bond donors (Lipinski definition) is 1. The Morgan fingerprint density at radius 3 is 2.74 bits per heavy atom. The van der Waals surface area contributed by atoms with Crippen LogP contribution in [0.3, 0.4) is 0 Å². The Bertz CT molecular complexity index is 473. The minimum atomic E-state index is -0.855. The Balaban J connectivity index is 2.29. The summed E-state index contributed by atoms with van der Waals surface area (Å²) in [6.45, 7) is 5.67. The highest BCUT2D eigenvalue weighted by molar-refractivity contribution is 5.99. The van der Waals surface area contributed by atoms with E-state index >= 15 is 0 Å². The second-order valence-electron chi connectivity index (χ2n) is 4.88. The highest BCUT2D eigenvalue weighted by Gasteiger charge is 2.46. The van der Waals surface area contributed by atoms with Crippen molar-refractivity contribution >= 4 is 11.8 Å². The molecule has 2 heterocycles. The van der Waals surface area contributed by atoms with Gasteiger partial charge in [-0.05, 0) is 19.8 Å².